The fraction of sp³-hybridized carbons (Fsp3) is 0.615. The summed E-state index contributed by atoms with van der Waals surface area (Å²) in [6.07, 6.45) is 7.86. The Morgan fingerprint density at radius 3 is 2.75 bits per heavy atom. The summed E-state index contributed by atoms with van der Waals surface area (Å²) in [5.74, 6) is 1.86. The molecule has 6 nitrogen and oxygen atoms in total. The molecule has 1 saturated heterocycles. The summed E-state index contributed by atoms with van der Waals surface area (Å²) in [5, 5.41) is 0. The van der Waals surface area contributed by atoms with Gasteiger partial charge in [-0.05, 0) is 18.4 Å². The predicted molar refractivity (Wildman–Crippen MR) is 81.8 cm³/mol. The quantitative estimate of drug-likeness (QED) is 0.837. The van der Waals surface area contributed by atoms with Crippen LogP contribution in [0.25, 0.3) is 0 Å². The van der Waals surface area contributed by atoms with Gasteiger partial charge in [-0.15, -0.1) is 0 Å². The molecular weight excluding hydrogens is 274 g/mol. The number of rotatable bonds is 5. The van der Waals surface area contributed by atoms with Crippen LogP contribution in [0.4, 0.5) is 5.82 Å². The van der Waals surface area contributed by atoms with Gasteiger partial charge in [0.1, 0.15) is 5.82 Å². The van der Waals surface area contributed by atoms with Crippen LogP contribution in [0.15, 0.2) is 18.6 Å². The largest absolute Gasteiger partial charge is 0.352 e. The highest BCUT2D eigenvalue weighted by Gasteiger charge is 2.25. The summed E-state index contributed by atoms with van der Waals surface area (Å²) in [6, 6.07) is -0.370. The van der Waals surface area contributed by atoms with E-state index >= 15 is 0 Å². The first-order valence-corrected chi connectivity index (χ1v) is 8.16. The maximum absolute atomic E-state index is 12.2. The third-order valence-electron chi connectivity index (χ3n) is 3.42. The number of piperazine rings is 1. The summed E-state index contributed by atoms with van der Waals surface area (Å²) in [4.78, 5) is 24.5. The molecule has 2 rings (SSSR count). The van der Waals surface area contributed by atoms with Crippen molar-refractivity contribution in [2.24, 2.45) is 5.73 Å². The first-order valence-electron chi connectivity index (χ1n) is 6.76. The van der Waals surface area contributed by atoms with E-state index in [1.54, 1.807) is 30.4 Å². The van der Waals surface area contributed by atoms with E-state index in [4.69, 9.17) is 5.73 Å². The third kappa shape index (κ3) is 3.83. The van der Waals surface area contributed by atoms with Gasteiger partial charge < -0.3 is 15.5 Å². The molecule has 2 N–H and O–H groups in total. The van der Waals surface area contributed by atoms with Crippen LogP contribution in [0.3, 0.4) is 0 Å². The Hall–Kier alpha value is -1.34. The molecule has 1 aromatic heterocycles. The van der Waals surface area contributed by atoms with Crippen molar-refractivity contribution in [3.8, 4) is 0 Å². The lowest BCUT2D eigenvalue weighted by atomic mass is 10.2. The summed E-state index contributed by atoms with van der Waals surface area (Å²) in [7, 11) is 0. The lowest BCUT2D eigenvalue weighted by molar-refractivity contribution is -0.132. The summed E-state index contributed by atoms with van der Waals surface area (Å²) in [6.45, 7) is 2.95. The SMILES string of the molecule is CSCC[C@@H](N)C(=O)N1CCN(c2cnccn2)CC1. The number of carbonyl (C=O) groups excluding carboxylic acids is 1. The lowest BCUT2D eigenvalue weighted by Gasteiger charge is -2.36. The predicted octanol–water partition coefficient (Wildman–Crippen LogP) is 0.206. The van der Waals surface area contributed by atoms with Crippen LogP contribution in [0.5, 0.6) is 0 Å². The first-order chi connectivity index (χ1) is 9.72. The fourth-order valence-corrected chi connectivity index (χ4v) is 2.70. The molecule has 2 heterocycles. The van der Waals surface area contributed by atoms with Crippen molar-refractivity contribution >= 4 is 23.5 Å². The van der Waals surface area contributed by atoms with Gasteiger partial charge in [-0.1, -0.05) is 0 Å². The number of anilines is 1. The van der Waals surface area contributed by atoms with Gasteiger partial charge in [0.15, 0.2) is 0 Å². The standard InChI is InChI=1S/C13H21N5OS/c1-20-9-2-11(14)13(19)18-7-5-17(6-8-18)12-10-15-3-4-16-12/h3-4,10-11H,2,5-9,14H2,1H3/t11-/m1/s1. The van der Waals surface area contributed by atoms with Crippen LogP contribution in [0.2, 0.25) is 0 Å². The molecule has 1 amide bonds. The number of nitrogens with zero attached hydrogens (tertiary/aromatic N) is 4. The van der Waals surface area contributed by atoms with Gasteiger partial charge in [0.2, 0.25) is 5.91 Å². The van der Waals surface area contributed by atoms with Crippen molar-refractivity contribution in [3.05, 3.63) is 18.6 Å². The van der Waals surface area contributed by atoms with E-state index in [1.165, 1.54) is 0 Å². The Labute approximate surface area is 123 Å². The van der Waals surface area contributed by atoms with Gasteiger partial charge in [-0.2, -0.15) is 11.8 Å². The van der Waals surface area contributed by atoms with Crippen molar-refractivity contribution in [1.82, 2.24) is 14.9 Å². The number of carbonyl (C=O) groups is 1. The number of nitrogens with two attached hydrogens (primary N) is 1. The Kier molecular flexibility index (Phi) is 5.60. The molecule has 0 spiro atoms. The zero-order valence-corrected chi connectivity index (χ0v) is 12.6. The van der Waals surface area contributed by atoms with Gasteiger partial charge in [0, 0.05) is 38.6 Å². The number of thioether (sulfide) groups is 1. The maximum Gasteiger partial charge on any atom is 0.239 e. The average molecular weight is 295 g/mol. The normalized spacial score (nSPS) is 17.1. The van der Waals surface area contributed by atoms with Crippen molar-refractivity contribution < 1.29 is 4.79 Å². The molecule has 0 unspecified atom stereocenters. The smallest absolute Gasteiger partial charge is 0.239 e. The zero-order chi connectivity index (χ0) is 14.4. The van der Waals surface area contributed by atoms with Crippen LogP contribution in [-0.2, 0) is 4.79 Å². The molecule has 0 aromatic carbocycles. The maximum atomic E-state index is 12.2. The summed E-state index contributed by atoms with van der Waals surface area (Å²) >= 11 is 1.72. The van der Waals surface area contributed by atoms with E-state index in [9.17, 15) is 4.79 Å². The van der Waals surface area contributed by atoms with Crippen LogP contribution in [0.1, 0.15) is 6.42 Å². The van der Waals surface area contributed by atoms with Crippen molar-refractivity contribution in [2.75, 3.05) is 43.1 Å². The van der Waals surface area contributed by atoms with E-state index < -0.39 is 0 Å². The summed E-state index contributed by atoms with van der Waals surface area (Å²) < 4.78 is 0. The number of aromatic nitrogens is 2. The van der Waals surface area contributed by atoms with E-state index in [2.05, 4.69) is 14.9 Å². The Bertz CT molecular complexity index is 422. The van der Waals surface area contributed by atoms with Crippen LogP contribution >= 0.6 is 11.8 Å². The monoisotopic (exact) mass is 295 g/mol. The van der Waals surface area contributed by atoms with E-state index in [-0.39, 0.29) is 11.9 Å². The molecule has 1 aliphatic rings. The highest BCUT2D eigenvalue weighted by molar-refractivity contribution is 7.98. The zero-order valence-electron chi connectivity index (χ0n) is 11.7. The minimum Gasteiger partial charge on any atom is -0.352 e. The van der Waals surface area contributed by atoms with Crippen LogP contribution in [0, 0.1) is 0 Å². The minimum atomic E-state index is -0.370. The van der Waals surface area contributed by atoms with Crippen molar-refractivity contribution in [2.45, 2.75) is 12.5 Å². The molecular formula is C13H21N5OS. The molecule has 7 heteroatoms. The van der Waals surface area contributed by atoms with E-state index in [0.29, 0.717) is 13.1 Å². The highest BCUT2D eigenvalue weighted by atomic mass is 32.2. The minimum absolute atomic E-state index is 0.0674. The lowest BCUT2D eigenvalue weighted by Crippen LogP contribution is -2.53. The van der Waals surface area contributed by atoms with Crippen molar-refractivity contribution in [1.29, 1.82) is 0 Å². The molecule has 0 aliphatic carbocycles. The molecule has 1 aliphatic heterocycles. The van der Waals surface area contributed by atoms with Gasteiger partial charge in [-0.25, -0.2) is 4.98 Å². The van der Waals surface area contributed by atoms with Crippen molar-refractivity contribution in [3.63, 3.8) is 0 Å². The third-order valence-corrected chi connectivity index (χ3v) is 4.06. The molecule has 1 fully saturated rings. The van der Waals surface area contributed by atoms with Crippen LogP contribution in [-0.4, -0.2) is 65.0 Å². The molecule has 1 atom stereocenters. The van der Waals surface area contributed by atoms with Gasteiger partial charge in [0.25, 0.3) is 0 Å². The Morgan fingerprint density at radius 2 is 2.15 bits per heavy atom. The molecule has 110 valence electrons. The molecule has 0 radical (unpaired) electrons. The molecule has 20 heavy (non-hydrogen) atoms. The number of amides is 1. The first kappa shape index (κ1) is 15.1. The topological polar surface area (TPSA) is 75.4 Å². The second-order valence-electron chi connectivity index (χ2n) is 4.76. The molecule has 1 aromatic rings. The average Bonchev–Trinajstić information content (AvgIpc) is 2.53. The van der Waals surface area contributed by atoms with Gasteiger partial charge >= 0.3 is 0 Å². The Balaban J connectivity index is 1.83. The summed E-state index contributed by atoms with van der Waals surface area (Å²) in [5.41, 5.74) is 5.94. The van der Waals surface area contributed by atoms with Gasteiger partial charge in [0.05, 0.1) is 12.2 Å². The second-order valence-corrected chi connectivity index (χ2v) is 5.75. The number of hydrogen-bond acceptors (Lipinski definition) is 6. The number of hydrogen-bond donors (Lipinski definition) is 1. The molecule has 0 saturated carbocycles. The van der Waals surface area contributed by atoms with Crippen LogP contribution < -0.4 is 10.6 Å². The van der Waals surface area contributed by atoms with Gasteiger partial charge in [-0.3, -0.25) is 9.78 Å². The van der Waals surface area contributed by atoms with E-state index in [0.717, 1.165) is 31.1 Å². The fourth-order valence-electron chi connectivity index (χ4n) is 2.21. The molecule has 0 bridgehead atoms. The highest BCUT2D eigenvalue weighted by Crippen LogP contribution is 2.12. The second kappa shape index (κ2) is 7.44. The Morgan fingerprint density at radius 1 is 1.40 bits per heavy atom. The van der Waals surface area contributed by atoms with E-state index in [1.807, 2.05) is 11.2 Å².